The second-order valence-corrected chi connectivity index (χ2v) is 4.79. The SMILES string of the molecule is CCCNC(CCOCC(C)CCC)C(=O)OC. The molecular weight excluding hydrogens is 230 g/mol. The minimum atomic E-state index is -0.239. The number of carbonyl (C=O) groups excluding carboxylic acids is 1. The molecule has 0 spiro atoms. The maximum atomic E-state index is 11.5. The van der Waals surface area contributed by atoms with Crippen LogP contribution in [0.3, 0.4) is 0 Å². The molecule has 0 heterocycles. The van der Waals surface area contributed by atoms with Crippen molar-refractivity contribution in [3.05, 3.63) is 0 Å². The van der Waals surface area contributed by atoms with Crippen LogP contribution in [0.2, 0.25) is 0 Å². The summed E-state index contributed by atoms with van der Waals surface area (Å²) in [5, 5.41) is 3.18. The van der Waals surface area contributed by atoms with Crippen molar-refractivity contribution >= 4 is 5.97 Å². The van der Waals surface area contributed by atoms with Crippen LogP contribution in [-0.2, 0) is 14.3 Å². The van der Waals surface area contributed by atoms with Gasteiger partial charge in [0.1, 0.15) is 6.04 Å². The van der Waals surface area contributed by atoms with Crippen molar-refractivity contribution in [1.29, 1.82) is 0 Å². The molecule has 0 saturated heterocycles. The third-order valence-corrected chi connectivity index (χ3v) is 2.86. The summed E-state index contributed by atoms with van der Waals surface area (Å²) in [6.45, 7) is 8.64. The van der Waals surface area contributed by atoms with E-state index in [4.69, 9.17) is 9.47 Å². The van der Waals surface area contributed by atoms with Crippen LogP contribution in [0.4, 0.5) is 0 Å². The second kappa shape index (κ2) is 11.5. The topological polar surface area (TPSA) is 47.6 Å². The fraction of sp³-hybridized carbons (Fsp3) is 0.929. The van der Waals surface area contributed by atoms with E-state index in [0.717, 1.165) is 19.6 Å². The Morgan fingerprint density at radius 3 is 2.50 bits per heavy atom. The molecule has 0 bridgehead atoms. The first-order valence-corrected chi connectivity index (χ1v) is 7.04. The highest BCUT2D eigenvalue weighted by molar-refractivity contribution is 5.75. The Bertz CT molecular complexity index is 209. The minimum absolute atomic E-state index is 0.200. The average molecular weight is 259 g/mol. The van der Waals surface area contributed by atoms with E-state index in [1.54, 1.807) is 0 Å². The lowest BCUT2D eigenvalue weighted by molar-refractivity contribution is -0.143. The number of rotatable bonds is 11. The van der Waals surface area contributed by atoms with Gasteiger partial charge in [0, 0.05) is 13.2 Å². The lowest BCUT2D eigenvalue weighted by atomic mass is 10.1. The third-order valence-electron chi connectivity index (χ3n) is 2.86. The highest BCUT2D eigenvalue weighted by Gasteiger charge is 2.17. The van der Waals surface area contributed by atoms with E-state index in [1.807, 2.05) is 0 Å². The molecule has 0 aromatic heterocycles. The lowest BCUT2D eigenvalue weighted by Crippen LogP contribution is -2.39. The molecule has 0 aromatic carbocycles. The first-order valence-electron chi connectivity index (χ1n) is 7.04. The van der Waals surface area contributed by atoms with E-state index >= 15 is 0 Å². The van der Waals surface area contributed by atoms with Gasteiger partial charge in [0.25, 0.3) is 0 Å². The summed E-state index contributed by atoms with van der Waals surface area (Å²) in [7, 11) is 1.42. The zero-order valence-corrected chi connectivity index (χ0v) is 12.3. The summed E-state index contributed by atoms with van der Waals surface area (Å²) in [6.07, 6.45) is 4.05. The van der Waals surface area contributed by atoms with Gasteiger partial charge in [-0.2, -0.15) is 0 Å². The Labute approximate surface area is 111 Å². The fourth-order valence-electron chi connectivity index (χ4n) is 1.83. The number of esters is 1. The molecule has 0 saturated carbocycles. The molecule has 4 nitrogen and oxygen atoms in total. The van der Waals surface area contributed by atoms with Gasteiger partial charge in [0.2, 0.25) is 0 Å². The molecule has 0 fully saturated rings. The summed E-state index contributed by atoms with van der Waals surface area (Å²) in [5.41, 5.74) is 0. The summed E-state index contributed by atoms with van der Waals surface area (Å²) in [6, 6.07) is -0.239. The highest BCUT2D eigenvalue weighted by Crippen LogP contribution is 2.06. The second-order valence-electron chi connectivity index (χ2n) is 4.79. The normalized spacial score (nSPS) is 14.2. The first kappa shape index (κ1) is 17.4. The number of ether oxygens (including phenoxy) is 2. The van der Waals surface area contributed by atoms with E-state index in [-0.39, 0.29) is 12.0 Å². The maximum Gasteiger partial charge on any atom is 0.322 e. The van der Waals surface area contributed by atoms with Gasteiger partial charge >= 0.3 is 5.97 Å². The molecule has 108 valence electrons. The molecule has 0 aromatic rings. The summed E-state index contributed by atoms with van der Waals surface area (Å²) in [5.74, 6) is 0.392. The van der Waals surface area contributed by atoms with Crippen molar-refractivity contribution < 1.29 is 14.3 Å². The van der Waals surface area contributed by atoms with Gasteiger partial charge in [-0.25, -0.2) is 0 Å². The first-order chi connectivity index (χ1) is 8.65. The Balaban J connectivity index is 3.78. The van der Waals surface area contributed by atoms with Crippen LogP contribution in [0.5, 0.6) is 0 Å². The molecule has 2 unspecified atom stereocenters. The quantitative estimate of drug-likeness (QED) is 0.457. The molecule has 18 heavy (non-hydrogen) atoms. The fourth-order valence-corrected chi connectivity index (χ4v) is 1.83. The van der Waals surface area contributed by atoms with Crippen LogP contribution in [0.1, 0.15) is 46.5 Å². The van der Waals surface area contributed by atoms with Gasteiger partial charge in [-0.3, -0.25) is 4.79 Å². The van der Waals surface area contributed by atoms with Crippen LogP contribution in [-0.4, -0.2) is 38.9 Å². The molecule has 0 amide bonds. The Hall–Kier alpha value is -0.610. The van der Waals surface area contributed by atoms with Crippen molar-refractivity contribution in [3.63, 3.8) is 0 Å². The number of hydrogen-bond acceptors (Lipinski definition) is 4. The van der Waals surface area contributed by atoms with Gasteiger partial charge in [-0.15, -0.1) is 0 Å². The summed E-state index contributed by atoms with van der Waals surface area (Å²) < 4.78 is 10.4. The van der Waals surface area contributed by atoms with Gasteiger partial charge in [0.15, 0.2) is 0 Å². The number of carbonyl (C=O) groups is 1. The molecule has 0 aliphatic heterocycles. The van der Waals surface area contributed by atoms with Crippen molar-refractivity contribution in [3.8, 4) is 0 Å². The molecule has 2 atom stereocenters. The molecule has 0 aliphatic rings. The number of hydrogen-bond donors (Lipinski definition) is 1. The van der Waals surface area contributed by atoms with E-state index in [1.165, 1.54) is 20.0 Å². The maximum absolute atomic E-state index is 11.5. The van der Waals surface area contributed by atoms with Crippen LogP contribution < -0.4 is 5.32 Å². The van der Waals surface area contributed by atoms with Crippen molar-refractivity contribution in [2.75, 3.05) is 26.9 Å². The number of methoxy groups -OCH3 is 1. The Morgan fingerprint density at radius 1 is 1.22 bits per heavy atom. The zero-order valence-electron chi connectivity index (χ0n) is 12.3. The van der Waals surface area contributed by atoms with Gasteiger partial charge in [-0.1, -0.05) is 27.2 Å². The Kier molecular flexibility index (Phi) is 11.1. The monoisotopic (exact) mass is 259 g/mol. The van der Waals surface area contributed by atoms with Gasteiger partial charge in [-0.05, 0) is 31.7 Å². The van der Waals surface area contributed by atoms with Crippen molar-refractivity contribution in [2.24, 2.45) is 5.92 Å². The minimum Gasteiger partial charge on any atom is -0.468 e. The van der Waals surface area contributed by atoms with Crippen LogP contribution in [0.15, 0.2) is 0 Å². The third kappa shape index (κ3) is 8.48. The van der Waals surface area contributed by atoms with Crippen LogP contribution in [0, 0.1) is 5.92 Å². The molecular formula is C14H29NO3. The van der Waals surface area contributed by atoms with E-state index in [0.29, 0.717) is 18.9 Å². The smallest absolute Gasteiger partial charge is 0.322 e. The van der Waals surface area contributed by atoms with E-state index < -0.39 is 0 Å². The van der Waals surface area contributed by atoms with E-state index in [2.05, 4.69) is 26.1 Å². The average Bonchev–Trinajstić information content (AvgIpc) is 2.37. The molecule has 0 radical (unpaired) electrons. The summed E-state index contributed by atoms with van der Waals surface area (Å²) >= 11 is 0. The predicted octanol–water partition coefficient (Wildman–Crippen LogP) is 2.37. The lowest BCUT2D eigenvalue weighted by Gasteiger charge is -2.17. The molecule has 0 aliphatic carbocycles. The highest BCUT2D eigenvalue weighted by atomic mass is 16.5. The number of nitrogens with one attached hydrogen (secondary N) is 1. The summed E-state index contributed by atoms with van der Waals surface area (Å²) in [4.78, 5) is 11.5. The zero-order chi connectivity index (χ0) is 13.8. The molecule has 4 heteroatoms. The standard InChI is InChI=1S/C14H29NO3/c1-5-7-12(3)11-18-10-8-13(14(16)17-4)15-9-6-2/h12-13,15H,5-11H2,1-4H3. The van der Waals surface area contributed by atoms with Gasteiger partial charge in [0.05, 0.1) is 7.11 Å². The predicted molar refractivity (Wildman–Crippen MR) is 73.6 cm³/mol. The molecule has 1 N–H and O–H groups in total. The Morgan fingerprint density at radius 2 is 1.94 bits per heavy atom. The van der Waals surface area contributed by atoms with Crippen molar-refractivity contribution in [2.45, 2.75) is 52.5 Å². The van der Waals surface area contributed by atoms with Crippen LogP contribution in [0.25, 0.3) is 0 Å². The van der Waals surface area contributed by atoms with E-state index in [9.17, 15) is 4.79 Å². The largest absolute Gasteiger partial charge is 0.468 e. The van der Waals surface area contributed by atoms with Crippen LogP contribution >= 0.6 is 0 Å². The van der Waals surface area contributed by atoms with Crippen molar-refractivity contribution in [1.82, 2.24) is 5.32 Å². The van der Waals surface area contributed by atoms with Gasteiger partial charge < -0.3 is 14.8 Å². The molecule has 0 rings (SSSR count).